The lowest BCUT2D eigenvalue weighted by atomic mass is 9.90. The van der Waals surface area contributed by atoms with Gasteiger partial charge in [-0.3, -0.25) is 0 Å². The van der Waals surface area contributed by atoms with Crippen molar-refractivity contribution in [3.05, 3.63) is 24.0 Å². The molecule has 1 rings (SSSR count). The molecule has 0 aliphatic heterocycles. The van der Waals surface area contributed by atoms with Crippen molar-refractivity contribution in [2.45, 2.75) is 33.7 Å². The van der Waals surface area contributed by atoms with E-state index in [-0.39, 0.29) is 0 Å². The van der Waals surface area contributed by atoms with E-state index < -0.39 is 0 Å². The van der Waals surface area contributed by atoms with Crippen LogP contribution in [-0.2, 0) is 6.54 Å². The number of hydrogen-bond acceptors (Lipinski definition) is 1. The summed E-state index contributed by atoms with van der Waals surface area (Å²) in [6.07, 6.45) is 3.17. The summed E-state index contributed by atoms with van der Waals surface area (Å²) in [4.78, 5) is 3.18. The molecule has 0 saturated carbocycles. The van der Waals surface area contributed by atoms with Crippen LogP contribution in [0.5, 0.6) is 0 Å². The normalized spacial score (nSPS) is 11.9. The number of hydrogen-bond donors (Lipinski definition) is 2. The fourth-order valence-corrected chi connectivity index (χ4v) is 1.14. The first kappa shape index (κ1) is 10.3. The van der Waals surface area contributed by atoms with Crippen molar-refractivity contribution in [3.63, 3.8) is 0 Å². The predicted octanol–water partition coefficient (Wildman–Crippen LogP) is 2.54. The lowest BCUT2D eigenvalue weighted by molar-refractivity contribution is 0.327. The second-order valence-electron chi connectivity index (χ2n) is 4.32. The minimum Gasteiger partial charge on any atom is -0.364 e. The molecule has 0 atom stereocenters. The third-order valence-electron chi connectivity index (χ3n) is 2.54. The van der Waals surface area contributed by atoms with Crippen LogP contribution in [0.3, 0.4) is 0 Å². The van der Waals surface area contributed by atoms with Crippen molar-refractivity contribution >= 4 is 0 Å². The summed E-state index contributed by atoms with van der Waals surface area (Å²) in [7, 11) is 0. The van der Waals surface area contributed by atoms with E-state index >= 15 is 0 Å². The summed E-state index contributed by atoms with van der Waals surface area (Å²) in [5, 5.41) is 3.45. The molecule has 0 fully saturated rings. The van der Waals surface area contributed by atoms with E-state index in [9.17, 15) is 0 Å². The van der Waals surface area contributed by atoms with E-state index in [4.69, 9.17) is 0 Å². The van der Waals surface area contributed by atoms with Gasteiger partial charge in [-0.2, -0.15) is 0 Å². The maximum Gasteiger partial charge on any atom is 0.0357 e. The van der Waals surface area contributed by atoms with Gasteiger partial charge < -0.3 is 10.3 Å². The van der Waals surface area contributed by atoms with Crippen LogP contribution in [0.1, 0.15) is 32.9 Å². The smallest absolute Gasteiger partial charge is 0.0357 e. The minimum atomic E-state index is 0.409. The highest BCUT2D eigenvalue weighted by Gasteiger charge is 2.13. The van der Waals surface area contributed by atoms with Gasteiger partial charge in [0.2, 0.25) is 0 Å². The maximum atomic E-state index is 3.45. The number of nitrogens with one attached hydrogen (secondary N) is 2. The Hall–Kier alpha value is -0.760. The highest BCUT2D eigenvalue weighted by molar-refractivity contribution is 5.02. The molecule has 0 amide bonds. The zero-order valence-corrected chi connectivity index (χ0v) is 8.85. The Bertz CT molecular complexity index is 224. The molecular formula is C11H20N2. The van der Waals surface area contributed by atoms with Gasteiger partial charge in [-0.15, -0.1) is 0 Å². The Balaban J connectivity index is 2.21. The molecule has 0 radical (unpaired) electrons. The van der Waals surface area contributed by atoms with Crippen LogP contribution in [0.25, 0.3) is 0 Å². The molecule has 1 aromatic rings. The zero-order valence-electron chi connectivity index (χ0n) is 8.85. The van der Waals surface area contributed by atoms with Crippen LogP contribution in [0.4, 0.5) is 0 Å². The highest BCUT2D eigenvalue weighted by Crippen LogP contribution is 2.17. The van der Waals surface area contributed by atoms with Gasteiger partial charge in [0.05, 0.1) is 0 Å². The third kappa shape index (κ3) is 3.64. The second-order valence-corrected chi connectivity index (χ2v) is 4.32. The second kappa shape index (κ2) is 4.47. The summed E-state index contributed by atoms with van der Waals surface area (Å²) in [5.41, 5.74) is 1.67. The summed E-state index contributed by atoms with van der Waals surface area (Å²) in [6, 6.07) is 4.13. The van der Waals surface area contributed by atoms with Gasteiger partial charge in [-0.05, 0) is 24.0 Å². The van der Waals surface area contributed by atoms with Crippen LogP contribution in [0, 0.1) is 5.41 Å². The summed E-state index contributed by atoms with van der Waals surface area (Å²) in [5.74, 6) is 0. The lowest BCUT2D eigenvalue weighted by Gasteiger charge is -2.22. The molecule has 0 aliphatic rings. The van der Waals surface area contributed by atoms with Crippen LogP contribution >= 0.6 is 0 Å². The van der Waals surface area contributed by atoms with E-state index in [1.807, 2.05) is 12.3 Å². The Morgan fingerprint density at radius 2 is 2.23 bits per heavy atom. The molecule has 0 aromatic carbocycles. The monoisotopic (exact) mass is 180 g/mol. The molecule has 74 valence electrons. The predicted molar refractivity (Wildman–Crippen MR) is 56.6 cm³/mol. The van der Waals surface area contributed by atoms with Crippen molar-refractivity contribution < 1.29 is 0 Å². The number of rotatable bonds is 5. The molecule has 2 heteroatoms. The van der Waals surface area contributed by atoms with Gasteiger partial charge in [0.25, 0.3) is 0 Å². The van der Waals surface area contributed by atoms with Crippen LogP contribution in [0.15, 0.2) is 18.3 Å². The lowest BCUT2D eigenvalue weighted by Crippen LogP contribution is -2.28. The molecule has 0 unspecified atom stereocenters. The Kier molecular flexibility index (Phi) is 3.55. The molecule has 1 heterocycles. The van der Waals surface area contributed by atoms with Crippen molar-refractivity contribution in [3.8, 4) is 0 Å². The summed E-state index contributed by atoms with van der Waals surface area (Å²) in [6.45, 7) is 8.82. The maximum absolute atomic E-state index is 3.45. The van der Waals surface area contributed by atoms with E-state index in [1.165, 1.54) is 12.1 Å². The van der Waals surface area contributed by atoms with Crippen molar-refractivity contribution in [1.82, 2.24) is 10.3 Å². The largest absolute Gasteiger partial charge is 0.364 e. The van der Waals surface area contributed by atoms with Crippen LogP contribution in [0.2, 0.25) is 0 Å². The van der Waals surface area contributed by atoms with Gasteiger partial charge in [0.15, 0.2) is 0 Å². The molecule has 2 nitrogen and oxygen atoms in total. The SMILES string of the molecule is CCC(C)(C)CNCc1ccc[nH]1. The Labute approximate surface area is 80.7 Å². The van der Waals surface area contributed by atoms with Gasteiger partial charge >= 0.3 is 0 Å². The molecular weight excluding hydrogens is 160 g/mol. The first-order chi connectivity index (χ1) is 6.14. The van der Waals surface area contributed by atoms with Crippen LogP contribution in [-0.4, -0.2) is 11.5 Å². The first-order valence-electron chi connectivity index (χ1n) is 4.97. The van der Waals surface area contributed by atoms with E-state index in [1.54, 1.807) is 0 Å². The highest BCUT2D eigenvalue weighted by atomic mass is 14.9. The van der Waals surface area contributed by atoms with Crippen molar-refractivity contribution in [1.29, 1.82) is 0 Å². The van der Waals surface area contributed by atoms with E-state index in [0.717, 1.165) is 13.1 Å². The van der Waals surface area contributed by atoms with Gasteiger partial charge in [-0.25, -0.2) is 0 Å². The Morgan fingerprint density at radius 1 is 1.46 bits per heavy atom. The molecule has 1 aromatic heterocycles. The fourth-order valence-electron chi connectivity index (χ4n) is 1.14. The molecule has 2 N–H and O–H groups in total. The van der Waals surface area contributed by atoms with Gasteiger partial charge in [0, 0.05) is 25.0 Å². The zero-order chi connectivity index (χ0) is 9.73. The van der Waals surface area contributed by atoms with Crippen molar-refractivity contribution in [2.24, 2.45) is 5.41 Å². The molecule has 0 spiro atoms. The third-order valence-corrected chi connectivity index (χ3v) is 2.54. The fraction of sp³-hybridized carbons (Fsp3) is 0.636. The Morgan fingerprint density at radius 3 is 2.77 bits per heavy atom. The van der Waals surface area contributed by atoms with Gasteiger partial charge in [-0.1, -0.05) is 20.8 Å². The molecule has 0 saturated heterocycles. The molecule has 13 heavy (non-hydrogen) atoms. The average Bonchev–Trinajstić information content (AvgIpc) is 2.57. The minimum absolute atomic E-state index is 0.409. The summed E-state index contributed by atoms with van der Waals surface area (Å²) >= 11 is 0. The first-order valence-corrected chi connectivity index (χ1v) is 4.97. The average molecular weight is 180 g/mol. The number of aromatic amines is 1. The number of aromatic nitrogens is 1. The van der Waals surface area contributed by atoms with Crippen LogP contribution < -0.4 is 5.32 Å². The topological polar surface area (TPSA) is 27.8 Å². The number of H-pyrrole nitrogens is 1. The molecule has 0 aliphatic carbocycles. The summed E-state index contributed by atoms with van der Waals surface area (Å²) < 4.78 is 0. The van der Waals surface area contributed by atoms with Gasteiger partial charge in [0.1, 0.15) is 0 Å². The van der Waals surface area contributed by atoms with E-state index in [0.29, 0.717) is 5.41 Å². The van der Waals surface area contributed by atoms with E-state index in [2.05, 4.69) is 37.1 Å². The quantitative estimate of drug-likeness (QED) is 0.716. The van der Waals surface area contributed by atoms with Crippen molar-refractivity contribution in [2.75, 3.05) is 6.54 Å². The molecule has 0 bridgehead atoms. The standard InChI is InChI=1S/C11H20N2/c1-4-11(2,3)9-12-8-10-6-5-7-13-10/h5-7,12-13H,4,8-9H2,1-3H3.